The van der Waals surface area contributed by atoms with Crippen molar-refractivity contribution in [2.45, 2.75) is 13.5 Å². The van der Waals surface area contributed by atoms with E-state index < -0.39 is 0 Å². The first-order valence-corrected chi connectivity index (χ1v) is 6.93. The Morgan fingerprint density at radius 1 is 1.45 bits per heavy atom. The van der Waals surface area contributed by atoms with E-state index in [1.165, 1.54) is 10.6 Å². The SMILES string of the molecule is Cc1nc(Cl)cc(=O)n1CC(=O)Nc1ccccc1Br. The van der Waals surface area contributed by atoms with Gasteiger partial charge in [0, 0.05) is 10.5 Å². The van der Waals surface area contributed by atoms with E-state index >= 15 is 0 Å². The summed E-state index contributed by atoms with van der Waals surface area (Å²) in [5, 5.41) is 2.84. The van der Waals surface area contributed by atoms with Crippen LogP contribution in [0.5, 0.6) is 0 Å². The highest BCUT2D eigenvalue weighted by Gasteiger charge is 2.10. The Morgan fingerprint density at radius 2 is 2.15 bits per heavy atom. The molecule has 7 heteroatoms. The molecule has 104 valence electrons. The zero-order valence-corrected chi connectivity index (χ0v) is 12.9. The predicted molar refractivity (Wildman–Crippen MR) is 81.0 cm³/mol. The van der Waals surface area contributed by atoms with Gasteiger partial charge in [-0.1, -0.05) is 23.7 Å². The number of hydrogen-bond donors (Lipinski definition) is 1. The number of nitrogens with zero attached hydrogens (tertiary/aromatic N) is 2. The number of hydrogen-bond acceptors (Lipinski definition) is 3. The van der Waals surface area contributed by atoms with Crippen LogP contribution in [0.2, 0.25) is 5.15 Å². The van der Waals surface area contributed by atoms with Crippen molar-refractivity contribution in [3.05, 3.63) is 56.1 Å². The fraction of sp³-hybridized carbons (Fsp3) is 0.154. The van der Waals surface area contributed by atoms with Crippen LogP contribution in [0.25, 0.3) is 0 Å². The minimum Gasteiger partial charge on any atom is -0.324 e. The van der Waals surface area contributed by atoms with E-state index in [0.29, 0.717) is 11.5 Å². The molecule has 1 aromatic heterocycles. The van der Waals surface area contributed by atoms with Gasteiger partial charge in [-0.15, -0.1) is 0 Å². The fourth-order valence-electron chi connectivity index (χ4n) is 1.67. The molecule has 1 N–H and O–H groups in total. The Balaban J connectivity index is 2.17. The second-order valence-corrected chi connectivity index (χ2v) is 5.32. The van der Waals surface area contributed by atoms with Crippen molar-refractivity contribution in [1.82, 2.24) is 9.55 Å². The smallest absolute Gasteiger partial charge is 0.255 e. The van der Waals surface area contributed by atoms with E-state index in [4.69, 9.17) is 11.6 Å². The number of aromatic nitrogens is 2. The van der Waals surface area contributed by atoms with Crippen LogP contribution in [-0.4, -0.2) is 15.5 Å². The number of para-hydroxylation sites is 1. The van der Waals surface area contributed by atoms with E-state index in [9.17, 15) is 9.59 Å². The second-order valence-electron chi connectivity index (χ2n) is 4.08. The third-order valence-corrected chi connectivity index (χ3v) is 3.50. The van der Waals surface area contributed by atoms with Crippen LogP contribution in [0, 0.1) is 6.92 Å². The monoisotopic (exact) mass is 355 g/mol. The van der Waals surface area contributed by atoms with Gasteiger partial charge in [-0.25, -0.2) is 4.98 Å². The van der Waals surface area contributed by atoms with Gasteiger partial charge in [0.25, 0.3) is 5.56 Å². The molecule has 0 bridgehead atoms. The molecule has 1 heterocycles. The molecule has 0 saturated carbocycles. The van der Waals surface area contributed by atoms with Crippen molar-refractivity contribution in [1.29, 1.82) is 0 Å². The predicted octanol–water partition coefficient (Wildman–Crippen LogP) is 2.61. The highest BCUT2D eigenvalue weighted by Crippen LogP contribution is 2.21. The van der Waals surface area contributed by atoms with Crippen LogP contribution in [0.1, 0.15) is 5.82 Å². The first kappa shape index (κ1) is 14.7. The molecule has 0 aliphatic heterocycles. The summed E-state index contributed by atoms with van der Waals surface area (Å²) in [7, 11) is 0. The van der Waals surface area contributed by atoms with Crippen LogP contribution in [0.15, 0.2) is 39.6 Å². The maximum Gasteiger partial charge on any atom is 0.255 e. The first-order chi connectivity index (χ1) is 9.47. The Morgan fingerprint density at radius 3 is 2.80 bits per heavy atom. The summed E-state index contributed by atoms with van der Waals surface area (Å²) in [6.45, 7) is 1.51. The third-order valence-electron chi connectivity index (χ3n) is 2.62. The Hall–Kier alpha value is -1.66. The molecule has 20 heavy (non-hydrogen) atoms. The van der Waals surface area contributed by atoms with Crippen LogP contribution in [-0.2, 0) is 11.3 Å². The molecule has 0 fully saturated rings. The number of anilines is 1. The van der Waals surface area contributed by atoms with Gasteiger partial charge >= 0.3 is 0 Å². The maximum absolute atomic E-state index is 12.0. The number of halogens is 2. The molecule has 0 atom stereocenters. The lowest BCUT2D eigenvalue weighted by Crippen LogP contribution is -2.29. The number of aryl methyl sites for hydroxylation is 1. The Bertz CT molecular complexity index is 715. The van der Waals surface area contributed by atoms with Gasteiger partial charge in [0.15, 0.2) is 0 Å². The molecule has 0 unspecified atom stereocenters. The molecule has 2 aromatic rings. The minimum atomic E-state index is -0.357. The van der Waals surface area contributed by atoms with Crippen molar-refractivity contribution >= 4 is 39.1 Å². The number of carbonyl (C=O) groups is 1. The fourth-order valence-corrected chi connectivity index (χ4v) is 2.27. The van der Waals surface area contributed by atoms with Crippen LogP contribution < -0.4 is 10.9 Å². The van der Waals surface area contributed by atoms with Crippen molar-refractivity contribution in [3.63, 3.8) is 0 Å². The highest BCUT2D eigenvalue weighted by atomic mass is 79.9. The van der Waals surface area contributed by atoms with Crippen molar-refractivity contribution in [2.75, 3.05) is 5.32 Å². The molecular formula is C13H11BrClN3O2. The summed E-state index contributed by atoms with van der Waals surface area (Å²) >= 11 is 9.01. The average Bonchev–Trinajstić information content (AvgIpc) is 2.36. The first-order valence-electron chi connectivity index (χ1n) is 5.76. The highest BCUT2D eigenvalue weighted by molar-refractivity contribution is 9.10. The van der Waals surface area contributed by atoms with Gasteiger partial charge in [-0.3, -0.25) is 14.2 Å². The van der Waals surface area contributed by atoms with Gasteiger partial charge in [0.05, 0.1) is 5.69 Å². The van der Waals surface area contributed by atoms with Crippen LogP contribution in [0.3, 0.4) is 0 Å². The molecule has 1 amide bonds. The summed E-state index contributed by atoms with van der Waals surface area (Å²) in [4.78, 5) is 27.7. The molecule has 5 nitrogen and oxygen atoms in total. The molecule has 0 saturated heterocycles. The normalized spacial score (nSPS) is 10.3. The Kier molecular flexibility index (Phi) is 4.57. The van der Waals surface area contributed by atoms with Gasteiger partial charge in [-0.2, -0.15) is 0 Å². The summed E-state index contributed by atoms with van der Waals surface area (Å²) in [6.07, 6.45) is 0. The van der Waals surface area contributed by atoms with Gasteiger partial charge < -0.3 is 5.32 Å². The molecule has 2 rings (SSSR count). The van der Waals surface area contributed by atoms with Crippen molar-refractivity contribution < 1.29 is 4.79 Å². The maximum atomic E-state index is 12.0. The lowest BCUT2D eigenvalue weighted by Gasteiger charge is -2.10. The zero-order valence-electron chi connectivity index (χ0n) is 10.6. The number of carbonyl (C=O) groups excluding carboxylic acids is 1. The quantitative estimate of drug-likeness (QED) is 0.860. The molecule has 0 aliphatic rings. The minimum absolute atomic E-state index is 0.115. The number of rotatable bonds is 3. The molecule has 0 aliphatic carbocycles. The van der Waals surface area contributed by atoms with E-state index in [1.54, 1.807) is 13.0 Å². The van der Waals surface area contributed by atoms with E-state index in [1.807, 2.05) is 18.2 Å². The molecular weight excluding hydrogens is 346 g/mol. The lowest BCUT2D eigenvalue weighted by atomic mass is 10.3. The van der Waals surface area contributed by atoms with E-state index in [2.05, 4.69) is 26.2 Å². The average molecular weight is 357 g/mol. The largest absolute Gasteiger partial charge is 0.324 e. The number of benzene rings is 1. The molecule has 0 radical (unpaired) electrons. The Labute approximate surface area is 128 Å². The third kappa shape index (κ3) is 3.46. The second kappa shape index (κ2) is 6.19. The number of amides is 1. The summed E-state index contributed by atoms with van der Waals surface area (Å²) in [5.74, 6) is 0.0796. The van der Waals surface area contributed by atoms with E-state index in [0.717, 1.165) is 4.47 Å². The summed E-state index contributed by atoms with van der Waals surface area (Å²) < 4.78 is 2.03. The van der Waals surface area contributed by atoms with Gasteiger partial charge in [-0.05, 0) is 35.0 Å². The summed E-state index contributed by atoms with van der Waals surface area (Å²) in [6, 6.07) is 8.41. The van der Waals surface area contributed by atoms with Crippen LogP contribution >= 0.6 is 27.5 Å². The van der Waals surface area contributed by atoms with Crippen molar-refractivity contribution in [2.24, 2.45) is 0 Å². The van der Waals surface area contributed by atoms with Gasteiger partial charge in [0.1, 0.15) is 17.5 Å². The lowest BCUT2D eigenvalue weighted by molar-refractivity contribution is -0.116. The molecule has 1 aromatic carbocycles. The van der Waals surface area contributed by atoms with Crippen LogP contribution in [0.4, 0.5) is 5.69 Å². The topological polar surface area (TPSA) is 64.0 Å². The summed E-state index contributed by atoms with van der Waals surface area (Å²) in [5.41, 5.74) is 0.287. The number of nitrogens with one attached hydrogen (secondary N) is 1. The van der Waals surface area contributed by atoms with E-state index in [-0.39, 0.29) is 23.2 Å². The molecule has 0 spiro atoms. The standard InChI is InChI=1S/C13H11BrClN3O2/c1-8-16-11(15)6-13(20)18(8)7-12(19)17-10-5-3-2-4-9(10)14/h2-6H,7H2,1H3,(H,17,19). The van der Waals surface area contributed by atoms with Crippen molar-refractivity contribution in [3.8, 4) is 0 Å². The zero-order chi connectivity index (χ0) is 14.7. The van der Waals surface area contributed by atoms with Gasteiger partial charge in [0.2, 0.25) is 5.91 Å².